The highest BCUT2D eigenvalue weighted by Gasteiger charge is 2.17. The third-order valence-electron chi connectivity index (χ3n) is 5.27. The van der Waals surface area contributed by atoms with Crippen LogP contribution < -0.4 is 20.3 Å². The molecule has 0 radical (unpaired) electrons. The summed E-state index contributed by atoms with van der Waals surface area (Å²) in [6, 6.07) is 10.4. The molecule has 174 valence electrons. The third-order valence-corrected chi connectivity index (χ3v) is 5.27. The Balaban J connectivity index is 1.51. The Bertz CT molecular complexity index is 872. The number of benzene rings is 1. The number of anilines is 1. The van der Waals surface area contributed by atoms with E-state index in [0.29, 0.717) is 26.3 Å². The van der Waals surface area contributed by atoms with Crippen LogP contribution in [0.15, 0.2) is 41.5 Å². The minimum Gasteiger partial charge on any atom is -0.491 e. The van der Waals surface area contributed by atoms with Crippen LogP contribution in [0.2, 0.25) is 0 Å². The number of aromatic nitrogens is 1. The van der Waals surface area contributed by atoms with Crippen LogP contribution in [-0.2, 0) is 22.6 Å². The summed E-state index contributed by atoms with van der Waals surface area (Å²) in [4.78, 5) is 11.2. The van der Waals surface area contributed by atoms with Crippen LogP contribution in [0.3, 0.4) is 0 Å². The summed E-state index contributed by atoms with van der Waals surface area (Å²) in [6.45, 7) is 8.96. The topological polar surface area (TPSA) is 80.2 Å². The molecular formula is C24H35N5O3. The number of morpholine rings is 1. The molecule has 0 aliphatic carbocycles. The molecule has 1 aliphatic rings. The highest BCUT2D eigenvalue weighted by molar-refractivity contribution is 5.79. The Labute approximate surface area is 191 Å². The molecule has 1 saturated heterocycles. The first-order valence-corrected chi connectivity index (χ1v) is 11.1. The number of nitrogens with one attached hydrogen (secondary N) is 2. The molecule has 0 bridgehead atoms. The molecule has 3 rings (SSSR count). The van der Waals surface area contributed by atoms with E-state index >= 15 is 0 Å². The summed E-state index contributed by atoms with van der Waals surface area (Å²) in [7, 11) is 3.44. The van der Waals surface area contributed by atoms with Crippen LogP contribution in [0, 0.1) is 6.92 Å². The lowest BCUT2D eigenvalue weighted by molar-refractivity contribution is 0.0529. The lowest BCUT2D eigenvalue weighted by Gasteiger charge is -2.32. The Morgan fingerprint density at radius 2 is 2.06 bits per heavy atom. The maximum absolute atomic E-state index is 5.88. The first-order chi connectivity index (χ1) is 15.6. The Morgan fingerprint density at radius 1 is 1.22 bits per heavy atom. The van der Waals surface area contributed by atoms with Crippen molar-refractivity contribution >= 4 is 11.8 Å². The maximum atomic E-state index is 5.88. The van der Waals surface area contributed by atoms with Crippen LogP contribution in [0.5, 0.6) is 5.75 Å². The van der Waals surface area contributed by atoms with Crippen molar-refractivity contribution < 1.29 is 14.2 Å². The molecule has 1 aromatic heterocycles. The van der Waals surface area contributed by atoms with Crippen molar-refractivity contribution in [2.75, 3.05) is 52.0 Å². The Morgan fingerprint density at radius 3 is 2.78 bits per heavy atom. The number of pyridine rings is 1. The monoisotopic (exact) mass is 441 g/mol. The maximum Gasteiger partial charge on any atom is 0.191 e. The standard InChI is InChI=1S/C24H35N5O3/c1-18-5-7-21(22(13-18)32-12-11-30-4)16-28-24(25-3)27-15-20-6-8-23(26-14-20)29-9-10-31-19(2)17-29/h5-8,13-14,19H,9-12,15-17H2,1-4H3,(H2,25,27,28). The van der Waals surface area contributed by atoms with Crippen molar-refractivity contribution in [2.45, 2.75) is 33.0 Å². The van der Waals surface area contributed by atoms with Gasteiger partial charge in [-0.25, -0.2) is 4.98 Å². The van der Waals surface area contributed by atoms with Crippen LogP contribution >= 0.6 is 0 Å². The van der Waals surface area contributed by atoms with Crippen molar-refractivity contribution in [3.63, 3.8) is 0 Å². The van der Waals surface area contributed by atoms with E-state index in [2.05, 4.69) is 63.6 Å². The molecule has 1 atom stereocenters. The lowest BCUT2D eigenvalue weighted by atomic mass is 10.1. The lowest BCUT2D eigenvalue weighted by Crippen LogP contribution is -2.41. The van der Waals surface area contributed by atoms with Gasteiger partial charge in [0, 0.05) is 52.1 Å². The van der Waals surface area contributed by atoms with Gasteiger partial charge in [0.1, 0.15) is 18.2 Å². The predicted molar refractivity (Wildman–Crippen MR) is 127 cm³/mol. The highest BCUT2D eigenvalue weighted by atomic mass is 16.5. The first-order valence-electron chi connectivity index (χ1n) is 11.1. The van der Waals surface area contributed by atoms with Gasteiger partial charge in [0.2, 0.25) is 0 Å². The van der Waals surface area contributed by atoms with E-state index in [4.69, 9.17) is 14.2 Å². The molecule has 2 heterocycles. The van der Waals surface area contributed by atoms with E-state index in [-0.39, 0.29) is 6.10 Å². The van der Waals surface area contributed by atoms with Gasteiger partial charge in [0.25, 0.3) is 0 Å². The second-order valence-corrected chi connectivity index (χ2v) is 7.88. The van der Waals surface area contributed by atoms with Gasteiger partial charge < -0.3 is 29.7 Å². The van der Waals surface area contributed by atoms with Crippen LogP contribution in [0.25, 0.3) is 0 Å². The Hall–Kier alpha value is -2.84. The molecule has 8 heteroatoms. The summed E-state index contributed by atoms with van der Waals surface area (Å²) in [5.74, 6) is 2.58. The second-order valence-electron chi connectivity index (χ2n) is 7.88. The first kappa shape index (κ1) is 23.8. The van der Waals surface area contributed by atoms with Gasteiger partial charge in [0.15, 0.2) is 5.96 Å². The largest absolute Gasteiger partial charge is 0.491 e. The normalized spacial score (nSPS) is 16.7. The van der Waals surface area contributed by atoms with Crippen molar-refractivity contribution in [1.29, 1.82) is 0 Å². The van der Waals surface area contributed by atoms with Crippen LogP contribution in [0.4, 0.5) is 5.82 Å². The summed E-state index contributed by atoms with van der Waals surface area (Å²) < 4.78 is 16.6. The van der Waals surface area contributed by atoms with E-state index < -0.39 is 0 Å². The third kappa shape index (κ3) is 7.10. The van der Waals surface area contributed by atoms with Crippen LogP contribution in [-0.4, -0.2) is 64.1 Å². The van der Waals surface area contributed by atoms with E-state index in [9.17, 15) is 0 Å². The van der Waals surface area contributed by atoms with Gasteiger partial charge in [-0.3, -0.25) is 4.99 Å². The van der Waals surface area contributed by atoms with Crippen molar-refractivity contribution in [2.24, 2.45) is 4.99 Å². The fourth-order valence-corrected chi connectivity index (χ4v) is 3.50. The summed E-state index contributed by atoms with van der Waals surface area (Å²) in [5, 5.41) is 6.71. The van der Waals surface area contributed by atoms with Gasteiger partial charge in [-0.2, -0.15) is 0 Å². The zero-order valence-electron chi connectivity index (χ0n) is 19.6. The predicted octanol–water partition coefficient (Wildman–Crippen LogP) is 2.51. The van der Waals surface area contributed by atoms with Gasteiger partial charge in [-0.05, 0) is 37.1 Å². The number of hydrogen-bond donors (Lipinski definition) is 2. The summed E-state index contributed by atoms with van der Waals surface area (Å²) >= 11 is 0. The molecule has 0 saturated carbocycles. The van der Waals surface area contributed by atoms with E-state index in [0.717, 1.165) is 53.9 Å². The zero-order chi connectivity index (χ0) is 22.8. The molecule has 1 unspecified atom stereocenters. The number of guanidine groups is 1. The van der Waals surface area contributed by atoms with Gasteiger partial charge in [-0.15, -0.1) is 0 Å². The molecule has 8 nitrogen and oxygen atoms in total. The number of nitrogens with zero attached hydrogens (tertiary/aromatic N) is 3. The Kier molecular flexibility index (Phi) is 9.13. The second kappa shape index (κ2) is 12.3. The average molecular weight is 442 g/mol. The molecule has 32 heavy (non-hydrogen) atoms. The molecule has 2 aromatic rings. The van der Waals surface area contributed by atoms with Gasteiger partial charge in [0.05, 0.1) is 19.3 Å². The summed E-state index contributed by atoms with van der Waals surface area (Å²) in [5.41, 5.74) is 3.32. The summed E-state index contributed by atoms with van der Waals surface area (Å²) in [6.07, 6.45) is 2.15. The molecule has 1 aliphatic heterocycles. The smallest absolute Gasteiger partial charge is 0.191 e. The number of rotatable bonds is 9. The molecular weight excluding hydrogens is 406 g/mol. The zero-order valence-corrected chi connectivity index (χ0v) is 19.6. The fraction of sp³-hybridized carbons (Fsp3) is 0.500. The molecule has 0 amide bonds. The van der Waals surface area contributed by atoms with E-state index in [1.54, 1.807) is 14.2 Å². The van der Waals surface area contributed by atoms with Gasteiger partial charge >= 0.3 is 0 Å². The number of methoxy groups -OCH3 is 1. The number of hydrogen-bond acceptors (Lipinski definition) is 6. The average Bonchev–Trinajstić information content (AvgIpc) is 2.81. The van der Waals surface area contributed by atoms with Crippen LogP contribution in [0.1, 0.15) is 23.6 Å². The fourth-order valence-electron chi connectivity index (χ4n) is 3.50. The van der Waals surface area contributed by atoms with E-state index in [1.165, 1.54) is 0 Å². The number of ether oxygens (including phenoxy) is 3. The van der Waals surface area contributed by atoms with Crippen molar-refractivity contribution in [3.8, 4) is 5.75 Å². The van der Waals surface area contributed by atoms with Crippen molar-refractivity contribution in [1.82, 2.24) is 15.6 Å². The minimum atomic E-state index is 0.237. The van der Waals surface area contributed by atoms with Crippen molar-refractivity contribution in [3.05, 3.63) is 53.2 Å². The molecule has 1 aromatic carbocycles. The molecule has 1 fully saturated rings. The highest BCUT2D eigenvalue weighted by Crippen LogP contribution is 2.20. The number of aliphatic imine (C=N–C) groups is 1. The quantitative estimate of drug-likeness (QED) is 0.352. The minimum absolute atomic E-state index is 0.237. The molecule has 0 spiro atoms. The SMILES string of the molecule is CN=C(NCc1ccc(N2CCOC(C)C2)nc1)NCc1ccc(C)cc1OCCOC. The number of aryl methyl sites for hydroxylation is 1. The van der Waals surface area contributed by atoms with Gasteiger partial charge in [-0.1, -0.05) is 18.2 Å². The molecule has 2 N–H and O–H groups in total. The van der Waals surface area contributed by atoms with E-state index in [1.807, 2.05) is 12.3 Å².